The van der Waals surface area contributed by atoms with Crippen LogP contribution in [0.5, 0.6) is 11.5 Å². The van der Waals surface area contributed by atoms with Gasteiger partial charge < -0.3 is 14.2 Å². The van der Waals surface area contributed by atoms with Crippen LogP contribution in [0.2, 0.25) is 0 Å². The molecule has 10 heteroatoms. The van der Waals surface area contributed by atoms with Crippen LogP contribution in [-0.2, 0) is 28.7 Å². The van der Waals surface area contributed by atoms with E-state index in [1.807, 2.05) is 0 Å². The Morgan fingerprint density at radius 3 is 1.61 bits per heavy atom. The second kappa shape index (κ2) is 9.29. The molecule has 4 amide bonds. The number of allylic oxidation sites excluding steroid dienone is 1. The number of hydrogen-bond acceptors (Lipinski definition) is 8. The van der Waals surface area contributed by atoms with Gasteiger partial charge in [-0.15, -0.1) is 0 Å². The normalized spacial score (nSPS) is 30.1. The maximum Gasteiger partial charge on any atom is 0.334 e. The molecule has 2 aromatic rings. The lowest BCUT2D eigenvalue weighted by atomic mass is 9.43. The third kappa shape index (κ3) is 3.27. The number of methoxy groups -OCH3 is 2. The van der Waals surface area contributed by atoms with Crippen LogP contribution < -0.4 is 19.3 Å². The van der Waals surface area contributed by atoms with E-state index in [2.05, 4.69) is 0 Å². The van der Waals surface area contributed by atoms with Crippen LogP contribution in [-0.4, -0.2) is 50.4 Å². The van der Waals surface area contributed by atoms with Crippen LogP contribution in [0.3, 0.4) is 0 Å². The number of nitrogens with zero attached hydrogens (tertiary/aromatic N) is 2. The lowest BCUT2D eigenvalue weighted by Crippen LogP contribution is -2.61. The third-order valence-corrected chi connectivity index (χ3v) is 9.33. The first kappa shape index (κ1) is 26.7. The molecule has 0 radical (unpaired) electrons. The number of esters is 1. The van der Waals surface area contributed by atoms with Gasteiger partial charge in [0.2, 0.25) is 23.6 Å². The van der Waals surface area contributed by atoms with Gasteiger partial charge in [-0.05, 0) is 38.1 Å². The first-order valence-corrected chi connectivity index (χ1v) is 13.5. The summed E-state index contributed by atoms with van der Waals surface area (Å²) < 4.78 is 16.3. The highest BCUT2D eigenvalue weighted by Gasteiger charge is 2.77. The monoisotopic (exact) mass is 558 g/mol. The number of amides is 4. The fourth-order valence-corrected chi connectivity index (χ4v) is 7.91. The first-order valence-electron chi connectivity index (χ1n) is 13.5. The highest BCUT2D eigenvalue weighted by Crippen LogP contribution is 2.69. The number of carbonyl (C=O) groups excluding carboxylic acids is 5. The van der Waals surface area contributed by atoms with E-state index >= 15 is 0 Å². The second-order valence-corrected chi connectivity index (χ2v) is 11.0. The maximum absolute atomic E-state index is 14.3. The van der Waals surface area contributed by atoms with E-state index in [9.17, 15) is 24.0 Å². The molecule has 3 fully saturated rings. The highest BCUT2D eigenvalue weighted by molar-refractivity contribution is 6.28. The van der Waals surface area contributed by atoms with Gasteiger partial charge in [0, 0.05) is 16.9 Å². The van der Waals surface area contributed by atoms with E-state index in [1.165, 1.54) is 14.2 Å². The van der Waals surface area contributed by atoms with E-state index in [0.29, 0.717) is 17.1 Å². The number of carbonyl (C=O) groups is 5. The van der Waals surface area contributed by atoms with Crippen LogP contribution in [0.25, 0.3) is 0 Å². The Morgan fingerprint density at radius 1 is 0.756 bits per heavy atom. The van der Waals surface area contributed by atoms with Gasteiger partial charge in [-0.2, -0.15) is 0 Å². The second-order valence-electron chi connectivity index (χ2n) is 11.0. The summed E-state index contributed by atoms with van der Waals surface area (Å²) >= 11 is 0. The highest BCUT2D eigenvalue weighted by atomic mass is 16.5. The standard InChI is InChI=1S/C31H30N2O8/c1-6-41-30(38)23-15(2)20-21-24(28(36)32(26(21)34)16-11-7-9-13-18(16)39-4)31(23,3)25-22(20)27(35)33(29(25)37)17-12-8-10-14-19(17)40-5/h7-14,20-22,24-25H,6H2,1-5H3/t20?,21-,22-,24-,25-,31?/m1/s1. The Bertz CT molecular complexity index is 1470. The summed E-state index contributed by atoms with van der Waals surface area (Å²) in [5.74, 6) is -6.95. The summed E-state index contributed by atoms with van der Waals surface area (Å²) in [6.45, 7) is 5.11. The molecule has 41 heavy (non-hydrogen) atoms. The molecule has 2 aliphatic heterocycles. The van der Waals surface area contributed by atoms with Crippen LogP contribution in [0.1, 0.15) is 20.8 Å². The molecule has 4 atom stereocenters. The maximum atomic E-state index is 14.3. The fraction of sp³-hybridized carbons (Fsp3) is 0.387. The van der Waals surface area contributed by atoms with Gasteiger partial charge in [-0.25, -0.2) is 14.6 Å². The van der Waals surface area contributed by atoms with Gasteiger partial charge in [0.1, 0.15) is 11.5 Å². The van der Waals surface area contributed by atoms with Crippen molar-refractivity contribution in [2.45, 2.75) is 20.8 Å². The van der Waals surface area contributed by atoms with Gasteiger partial charge >= 0.3 is 5.97 Å². The molecule has 0 aromatic heterocycles. The number of hydrogen-bond donors (Lipinski definition) is 0. The summed E-state index contributed by atoms with van der Waals surface area (Å²) in [6, 6.07) is 13.4. The Hall–Kier alpha value is -4.47. The molecule has 7 rings (SSSR count). The minimum atomic E-state index is -1.49. The van der Waals surface area contributed by atoms with Gasteiger partial charge in [-0.3, -0.25) is 19.2 Å². The van der Waals surface area contributed by atoms with Gasteiger partial charge in [0.25, 0.3) is 0 Å². The van der Waals surface area contributed by atoms with E-state index in [4.69, 9.17) is 14.2 Å². The number of imide groups is 2. The molecular weight excluding hydrogens is 528 g/mol. The average molecular weight is 559 g/mol. The van der Waals surface area contributed by atoms with Crippen molar-refractivity contribution in [3.05, 3.63) is 59.7 Å². The summed E-state index contributed by atoms with van der Waals surface area (Å²) in [5, 5.41) is 0. The zero-order chi connectivity index (χ0) is 29.4. The van der Waals surface area contributed by atoms with Crippen molar-refractivity contribution in [3.63, 3.8) is 0 Å². The van der Waals surface area contributed by atoms with Crippen LogP contribution >= 0.6 is 0 Å². The molecule has 2 bridgehead atoms. The number of ether oxygens (including phenoxy) is 3. The molecule has 3 aliphatic carbocycles. The van der Waals surface area contributed by atoms with E-state index in [-0.39, 0.29) is 23.6 Å². The van der Waals surface area contributed by atoms with Crippen molar-refractivity contribution >= 4 is 41.0 Å². The number of anilines is 2. The Labute approximate surface area is 236 Å². The number of rotatable bonds is 6. The molecule has 0 N–H and O–H groups in total. The first-order chi connectivity index (χ1) is 19.6. The molecule has 2 saturated heterocycles. The molecule has 0 unspecified atom stereocenters. The minimum absolute atomic E-state index is 0.0823. The lowest BCUT2D eigenvalue weighted by molar-refractivity contribution is -0.155. The molecule has 2 heterocycles. The summed E-state index contributed by atoms with van der Waals surface area (Å²) in [4.78, 5) is 72.8. The SMILES string of the molecule is CCOC(=O)C1=C(C)C2[C@H]3C(=O)N(c4ccccc4OC)C(=O)[C@@H]3C1(C)[C@H]1C(=O)N(c3ccccc3OC)C(=O)[C@H]21. The van der Waals surface area contributed by atoms with E-state index < -0.39 is 64.6 Å². The van der Waals surface area contributed by atoms with Gasteiger partial charge in [-0.1, -0.05) is 36.8 Å². The predicted octanol–water partition coefficient (Wildman–Crippen LogP) is 3.14. The number of benzene rings is 2. The Morgan fingerprint density at radius 2 is 1.20 bits per heavy atom. The molecule has 2 aromatic carbocycles. The Kier molecular flexibility index (Phi) is 6.06. The topological polar surface area (TPSA) is 120 Å². The molecule has 212 valence electrons. The van der Waals surface area contributed by atoms with Crippen molar-refractivity contribution in [3.8, 4) is 11.5 Å². The van der Waals surface area contributed by atoms with Crippen molar-refractivity contribution in [2.75, 3.05) is 30.6 Å². The zero-order valence-electron chi connectivity index (χ0n) is 23.4. The largest absolute Gasteiger partial charge is 0.495 e. The van der Waals surface area contributed by atoms with Gasteiger partial charge in [0.15, 0.2) is 0 Å². The average Bonchev–Trinajstić information content (AvgIpc) is 3.39. The molecule has 1 saturated carbocycles. The van der Waals surface area contributed by atoms with E-state index in [0.717, 1.165) is 9.80 Å². The number of para-hydroxylation sites is 4. The molecular formula is C31H30N2O8. The third-order valence-electron chi connectivity index (χ3n) is 9.33. The Balaban J connectivity index is 1.56. The smallest absolute Gasteiger partial charge is 0.334 e. The lowest BCUT2D eigenvalue weighted by Gasteiger charge is -2.55. The van der Waals surface area contributed by atoms with Crippen LogP contribution in [0.15, 0.2) is 59.7 Å². The minimum Gasteiger partial charge on any atom is -0.495 e. The fourth-order valence-electron chi connectivity index (χ4n) is 7.91. The van der Waals surface area contributed by atoms with Crippen molar-refractivity contribution in [2.24, 2.45) is 35.0 Å². The van der Waals surface area contributed by atoms with Crippen LogP contribution in [0.4, 0.5) is 11.4 Å². The molecule has 10 nitrogen and oxygen atoms in total. The van der Waals surface area contributed by atoms with Crippen LogP contribution in [0, 0.1) is 35.0 Å². The van der Waals surface area contributed by atoms with Crippen molar-refractivity contribution in [1.82, 2.24) is 0 Å². The van der Waals surface area contributed by atoms with E-state index in [1.54, 1.807) is 69.3 Å². The molecule has 0 spiro atoms. The molecule has 5 aliphatic rings. The zero-order valence-corrected chi connectivity index (χ0v) is 23.4. The predicted molar refractivity (Wildman–Crippen MR) is 146 cm³/mol. The summed E-state index contributed by atoms with van der Waals surface area (Å²) in [7, 11) is 2.89. The summed E-state index contributed by atoms with van der Waals surface area (Å²) in [5.41, 5.74) is -0.252. The van der Waals surface area contributed by atoms with Crippen molar-refractivity contribution in [1.29, 1.82) is 0 Å². The van der Waals surface area contributed by atoms with Crippen molar-refractivity contribution < 1.29 is 38.2 Å². The summed E-state index contributed by atoms with van der Waals surface area (Å²) in [6.07, 6.45) is 0. The van der Waals surface area contributed by atoms with Gasteiger partial charge in [0.05, 0.1) is 55.9 Å². The quantitative estimate of drug-likeness (QED) is 0.392.